The lowest BCUT2D eigenvalue weighted by Gasteiger charge is -2.04. The Labute approximate surface area is 91.8 Å². The van der Waals surface area contributed by atoms with Crippen molar-refractivity contribution in [2.45, 2.75) is 6.61 Å². The average molecular weight is 219 g/mol. The van der Waals surface area contributed by atoms with Gasteiger partial charge in [0.25, 0.3) is 0 Å². The van der Waals surface area contributed by atoms with E-state index in [2.05, 4.69) is 4.98 Å². The summed E-state index contributed by atoms with van der Waals surface area (Å²) in [5, 5.41) is 18.3. The Morgan fingerprint density at radius 2 is 1.75 bits per heavy atom. The second kappa shape index (κ2) is 4.28. The standard InChI is InChI=1S/C12H10FNO2/c13-9-3-1-8(2-4-9)10-5-6-12(16)11(7-15)14-10/h1-6,15-16H,7H2. The molecule has 0 saturated heterocycles. The third-order valence-electron chi connectivity index (χ3n) is 2.24. The highest BCUT2D eigenvalue weighted by Crippen LogP contribution is 2.22. The number of hydrogen-bond donors (Lipinski definition) is 2. The summed E-state index contributed by atoms with van der Waals surface area (Å²) in [6.45, 7) is -0.332. The first-order valence-corrected chi connectivity index (χ1v) is 4.76. The van der Waals surface area contributed by atoms with Gasteiger partial charge >= 0.3 is 0 Å². The Bertz CT molecular complexity index is 497. The molecule has 0 unspecified atom stereocenters. The molecule has 0 radical (unpaired) electrons. The predicted octanol–water partition coefficient (Wildman–Crippen LogP) is 2.09. The molecule has 16 heavy (non-hydrogen) atoms. The lowest BCUT2D eigenvalue weighted by atomic mass is 10.1. The minimum atomic E-state index is -0.332. The van der Waals surface area contributed by atoms with Crippen molar-refractivity contribution in [2.75, 3.05) is 0 Å². The number of pyridine rings is 1. The molecule has 82 valence electrons. The summed E-state index contributed by atoms with van der Waals surface area (Å²) in [4.78, 5) is 4.07. The molecule has 0 saturated carbocycles. The molecule has 4 heteroatoms. The summed E-state index contributed by atoms with van der Waals surface area (Å²) >= 11 is 0. The van der Waals surface area contributed by atoms with Crippen LogP contribution in [0.3, 0.4) is 0 Å². The van der Waals surface area contributed by atoms with Crippen LogP contribution >= 0.6 is 0 Å². The molecule has 2 aromatic rings. The molecule has 2 N–H and O–H groups in total. The van der Waals surface area contributed by atoms with Crippen molar-refractivity contribution < 1.29 is 14.6 Å². The third-order valence-corrected chi connectivity index (χ3v) is 2.24. The van der Waals surface area contributed by atoms with Gasteiger partial charge in [-0.05, 0) is 36.4 Å². The van der Waals surface area contributed by atoms with Crippen LogP contribution in [-0.2, 0) is 6.61 Å². The van der Waals surface area contributed by atoms with Crippen LogP contribution in [0, 0.1) is 5.82 Å². The molecule has 1 aromatic carbocycles. The van der Waals surface area contributed by atoms with Crippen molar-refractivity contribution >= 4 is 0 Å². The van der Waals surface area contributed by atoms with Gasteiger partial charge in [-0.3, -0.25) is 0 Å². The van der Waals surface area contributed by atoms with E-state index in [1.54, 1.807) is 18.2 Å². The molecule has 0 fully saturated rings. The summed E-state index contributed by atoms with van der Waals surface area (Å²) in [6.07, 6.45) is 0. The number of nitrogens with zero attached hydrogens (tertiary/aromatic N) is 1. The minimum absolute atomic E-state index is 0.0478. The summed E-state index contributed by atoms with van der Waals surface area (Å²) in [7, 11) is 0. The second-order valence-corrected chi connectivity index (χ2v) is 3.33. The van der Waals surface area contributed by atoms with E-state index in [1.165, 1.54) is 18.2 Å². The van der Waals surface area contributed by atoms with Crippen LogP contribution in [0.1, 0.15) is 5.69 Å². The number of benzene rings is 1. The Balaban J connectivity index is 2.44. The van der Waals surface area contributed by atoms with Crippen molar-refractivity contribution in [1.29, 1.82) is 0 Å². The molecule has 0 aliphatic carbocycles. The maximum Gasteiger partial charge on any atom is 0.139 e. The second-order valence-electron chi connectivity index (χ2n) is 3.33. The topological polar surface area (TPSA) is 53.4 Å². The van der Waals surface area contributed by atoms with Crippen LogP contribution in [0.2, 0.25) is 0 Å². The first-order chi connectivity index (χ1) is 7.70. The SMILES string of the molecule is OCc1nc(-c2ccc(F)cc2)ccc1O. The zero-order chi connectivity index (χ0) is 11.5. The number of halogens is 1. The average Bonchev–Trinajstić information content (AvgIpc) is 2.31. The molecule has 2 rings (SSSR count). The molecular weight excluding hydrogens is 209 g/mol. The lowest BCUT2D eigenvalue weighted by molar-refractivity contribution is 0.270. The van der Waals surface area contributed by atoms with E-state index >= 15 is 0 Å². The van der Waals surface area contributed by atoms with Gasteiger partial charge < -0.3 is 10.2 Å². The van der Waals surface area contributed by atoms with Crippen LogP contribution in [0.25, 0.3) is 11.3 Å². The first kappa shape index (κ1) is 10.6. The monoisotopic (exact) mass is 219 g/mol. The summed E-state index contributed by atoms with van der Waals surface area (Å²) < 4.78 is 12.7. The van der Waals surface area contributed by atoms with E-state index in [9.17, 15) is 9.50 Å². The van der Waals surface area contributed by atoms with E-state index in [4.69, 9.17) is 5.11 Å². The van der Waals surface area contributed by atoms with E-state index < -0.39 is 0 Å². The van der Waals surface area contributed by atoms with Crippen molar-refractivity contribution in [3.8, 4) is 17.0 Å². The van der Waals surface area contributed by atoms with Crippen molar-refractivity contribution in [3.63, 3.8) is 0 Å². The quantitative estimate of drug-likeness (QED) is 0.813. The van der Waals surface area contributed by atoms with Gasteiger partial charge in [-0.2, -0.15) is 0 Å². The van der Waals surface area contributed by atoms with Crippen molar-refractivity contribution in [1.82, 2.24) is 4.98 Å². The largest absolute Gasteiger partial charge is 0.506 e. The van der Waals surface area contributed by atoms with Crippen LogP contribution < -0.4 is 0 Å². The zero-order valence-corrected chi connectivity index (χ0v) is 8.39. The Morgan fingerprint density at radius 1 is 1.06 bits per heavy atom. The number of aromatic hydroxyl groups is 1. The first-order valence-electron chi connectivity index (χ1n) is 4.76. The highest BCUT2D eigenvalue weighted by atomic mass is 19.1. The van der Waals surface area contributed by atoms with Crippen LogP contribution in [0.15, 0.2) is 36.4 Å². The van der Waals surface area contributed by atoms with Crippen LogP contribution in [-0.4, -0.2) is 15.2 Å². The molecule has 0 amide bonds. The van der Waals surface area contributed by atoms with Gasteiger partial charge in [0.1, 0.15) is 17.3 Å². The Morgan fingerprint density at radius 3 is 2.38 bits per heavy atom. The van der Waals surface area contributed by atoms with Crippen molar-refractivity contribution in [2.24, 2.45) is 0 Å². The van der Waals surface area contributed by atoms with Crippen LogP contribution in [0.5, 0.6) is 5.75 Å². The highest BCUT2D eigenvalue weighted by molar-refractivity contribution is 5.59. The Kier molecular flexibility index (Phi) is 2.83. The highest BCUT2D eigenvalue weighted by Gasteiger charge is 2.05. The molecule has 1 aromatic heterocycles. The van der Waals surface area contributed by atoms with Gasteiger partial charge in [-0.1, -0.05) is 0 Å². The van der Waals surface area contributed by atoms with E-state index in [-0.39, 0.29) is 23.9 Å². The van der Waals surface area contributed by atoms with Crippen molar-refractivity contribution in [3.05, 3.63) is 47.9 Å². The maximum atomic E-state index is 12.7. The molecule has 3 nitrogen and oxygen atoms in total. The lowest BCUT2D eigenvalue weighted by Crippen LogP contribution is -1.92. The van der Waals surface area contributed by atoms with E-state index in [1.807, 2.05) is 0 Å². The summed E-state index contributed by atoms with van der Waals surface area (Å²) in [5.41, 5.74) is 1.53. The number of aliphatic hydroxyl groups is 1. The van der Waals surface area contributed by atoms with Gasteiger partial charge in [0, 0.05) is 5.56 Å². The minimum Gasteiger partial charge on any atom is -0.506 e. The molecule has 0 aliphatic rings. The summed E-state index contributed by atoms with van der Waals surface area (Å²) in [6, 6.07) is 8.93. The Hall–Kier alpha value is -1.94. The van der Waals surface area contributed by atoms with Gasteiger partial charge in [0.15, 0.2) is 0 Å². The fourth-order valence-electron chi connectivity index (χ4n) is 1.39. The maximum absolute atomic E-state index is 12.7. The van der Waals surface area contributed by atoms with Gasteiger partial charge in [-0.15, -0.1) is 0 Å². The van der Waals surface area contributed by atoms with Gasteiger partial charge in [0.2, 0.25) is 0 Å². The fourth-order valence-corrected chi connectivity index (χ4v) is 1.39. The van der Waals surface area contributed by atoms with Crippen LogP contribution in [0.4, 0.5) is 4.39 Å². The summed E-state index contributed by atoms with van der Waals surface area (Å²) in [5.74, 6) is -0.363. The number of hydrogen-bond acceptors (Lipinski definition) is 3. The number of rotatable bonds is 2. The van der Waals surface area contributed by atoms with E-state index in [0.29, 0.717) is 5.69 Å². The number of aromatic nitrogens is 1. The zero-order valence-electron chi connectivity index (χ0n) is 8.39. The third kappa shape index (κ3) is 2.01. The smallest absolute Gasteiger partial charge is 0.139 e. The number of aliphatic hydroxyl groups excluding tert-OH is 1. The molecule has 0 bridgehead atoms. The molecule has 0 atom stereocenters. The molecule has 0 aliphatic heterocycles. The van der Waals surface area contributed by atoms with E-state index in [0.717, 1.165) is 5.56 Å². The van der Waals surface area contributed by atoms with Gasteiger partial charge in [0.05, 0.1) is 12.3 Å². The fraction of sp³-hybridized carbons (Fsp3) is 0.0833. The normalized spacial score (nSPS) is 10.4. The predicted molar refractivity (Wildman–Crippen MR) is 57.2 cm³/mol. The van der Waals surface area contributed by atoms with Gasteiger partial charge in [-0.25, -0.2) is 9.37 Å². The molecular formula is C12H10FNO2. The molecule has 0 spiro atoms. The molecule has 1 heterocycles.